The summed E-state index contributed by atoms with van der Waals surface area (Å²) in [7, 11) is -4.54. The second-order valence-corrected chi connectivity index (χ2v) is 7.10. The van der Waals surface area contributed by atoms with Gasteiger partial charge >= 0.3 is 10.4 Å². The van der Waals surface area contributed by atoms with E-state index < -0.39 is 10.4 Å². The first-order valence-electron chi connectivity index (χ1n) is 8.94. The molecule has 0 spiro atoms. The summed E-state index contributed by atoms with van der Waals surface area (Å²) in [6.07, 6.45) is 10.5. The van der Waals surface area contributed by atoms with Gasteiger partial charge in [-0.3, -0.25) is 4.55 Å². The molecular formula is C19H30O5S. The quantitative estimate of drug-likeness (QED) is 0.287. The Balaban J connectivity index is 2.71. The molecule has 0 atom stereocenters. The van der Waals surface area contributed by atoms with Crippen LogP contribution in [0.1, 0.15) is 63.0 Å². The fraction of sp³-hybridized carbons (Fsp3) is 0.579. The summed E-state index contributed by atoms with van der Waals surface area (Å²) in [4.78, 5) is 0. The third-order valence-electron chi connectivity index (χ3n) is 3.95. The van der Waals surface area contributed by atoms with Crippen molar-refractivity contribution < 1.29 is 21.9 Å². The van der Waals surface area contributed by atoms with Crippen LogP contribution >= 0.6 is 0 Å². The lowest BCUT2D eigenvalue weighted by Gasteiger charge is -2.14. The van der Waals surface area contributed by atoms with Gasteiger partial charge in [0, 0.05) is 5.56 Å². The first-order valence-corrected chi connectivity index (χ1v) is 10.3. The summed E-state index contributed by atoms with van der Waals surface area (Å²) in [5.74, 6) is 0.174. The molecule has 142 valence electrons. The van der Waals surface area contributed by atoms with Crippen LogP contribution in [0.25, 0.3) is 0 Å². The van der Waals surface area contributed by atoms with Crippen molar-refractivity contribution in [2.75, 3.05) is 6.61 Å². The molecule has 0 aliphatic carbocycles. The maximum atomic E-state index is 11.1. The van der Waals surface area contributed by atoms with Gasteiger partial charge in [-0.25, -0.2) is 0 Å². The first-order chi connectivity index (χ1) is 12.0. The SMILES string of the molecule is C=CCOCc1cccc(OS(=O)(=O)O)c1CCCCCCCCC. The van der Waals surface area contributed by atoms with E-state index in [-0.39, 0.29) is 5.75 Å². The molecule has 0 bridgehead atoms. The number of ether oxygens (including phenoxy) is 1. The average molecular weight is 371 g/mol. The van der Waals surface area contributed by atoms with E-state index in [9.17, 15) is 8.42 Å². The van der Waals surface area contributed by atoms with Gasteiger partial charge in [0.25, 0.3) is 0 Å². The Kier molecular flexibility index (Phi) is 10.5. The molecule has 0 saturated heterocycles. The molecular weight excluding hydrogens is 340 g/mol. The van der Waals surface area contributed by atoms with E-state index in [0.29, 0.717) is 19.6 Å². The fourth-order valence-corrected chi connectivity index (χ4v) is 3.12. The Hall–Kier alpha value is -1.37. The summed E-state index contributed by atoms with van der Waals surface area (Å²) in [5.41, 5.74) is 1.65. The third-order valence-corrected chi connectivity index (χ3v) is 4.34. The highest BCUT2D eigenvalue weighted by molar-refractivity contribution is 7.81. The molecule has 6 heteroatoms. The zero-order chi connectivity index (χ0) is 18.5. The zero-order valence-electron chi connectivity index (χ0n) is 15.1. The number of hydrogen-bond acceptors (Lipinski definition) is 4. The van der Waals surface area contributed by atoms with Gasteiger partial charge in [-0.2, -0.15) is 8.42 Å². The summed E-state index contributed by atoms with van der Waals surface area (Å²) < 4.78 is 41.4. The van der Waals surface area contributed by atoms with Gasteiger partial charge in [0.2, 0.25) is 0 Å². The smallest absolute Gasteiger partial charge is 0.373 e. The normalized spacial score (nSPS) is 11.4. The average Bonchev–Trinajstić information content (AvgIpc) is 2.54. The van der Waals surface area contributed by atoms with Crippen molar-refractivity contribution in [1.29, 1.82) is 0 Å². The van der Waals surface area contributed by atoms with Crippen LogP contribution < -0.4 is 4.18 Å². The minimum Gasteiger partial charge on any atom is -0.373 e. The molecule has 0 radical (unpaired) electrons. The lowest BCUT2D eigenvalue weighted by atomic mass is 9.99. The summed E-state index contributed by atoms with van der Waals surface area (Å²) in [5, 5.41) is 0. The summed E-state index contributed by atoms with van der Waals surface area (Å²) >= 11 is 0. The van der Waals surface area contributed by atoms with Crippen molar-refractivity contribution >= 4 is 10.4 Å². The Morgan fingerprint density at radius 1 is 1.12 bits per heavy atom. The van der Waals surface area contributed by atoms with Gasteiger partial charge in [0.1, 0.15) is 5.75 Å². The molecule has 0 aromatic heterocycles. The van der Waals surface area contributed by atoms with Gasteiger partial charge in [0.05, 0.1) is 13.2 Å². The van der Waals surface area contributed by atoms with E-state index in [0.717, 1.165) is 24.0 Å². The van der Waals surface area contributed by atoms with E-state index in [1.807, 2.05) is 6.07 Å². The number of unbranched alkanes of at least 4 members (excludes halogenated alkanes) is 6. The highest BCUT2D eigenvalue weighted by atomic mass is 32.3. The largest absolute Gasteiger partial charge is 0.446 e. The van der Waals surface area contributed by atoms with Crippen molar-refractivity contribution in [2.24, 2.45) is 0 Å². The molecule has 0 aliphatic rings. The number of hydrogen-bond donors (Lipinski definition) is 1. The van der Waals surface area contributed by atoms with E-state index in [1.165, 1.54) is 32.1 Å². The van der Waals surface area contributed by atoms with E-state index in [4.69, 9.17) is 13.5 Å². The minimum absolute atomic E-state index is 0.174. The van der Waals surface area contributed by atoms with Crippen LogP contribution in [0.15, 0.2) is 30.9 Å². The van der Waals surface area contributed by atoms with Crippen molar-refractivity contribution in [2.45, 2.75) is 64.9 Å². The molecule has 0 fully saturated rings. The van der Waals surface area contributed by atoms with Crippen LogP contribution in [-0.4, -0.2) is 19.6 Å². The molecule has 1 aromatic carbocycles. The molecule has 0 amide bonds. The molecule has 0 heterocycles. The zero-order valence-corrected chi connectivity index (χ0v) is 15.9. The van der Waals surface area contributed by atoms with Gasteiger partial charge in [-0.05, 0) is 24.5 Å². The van der Waals surface area contributed by atoms with Crippen LogP contribution in [0.2, 0.25) is 0 Å². The maximum absolute atomic E-state index is 11.1. The fourth-order valence-electron chi connectivity index (χ4n) is 2.73. The van der Waals surface area contributed by atoms with Crippen molar-refractivity contribution in [3.05, 3.63) is 42.0 Å². The monoisotopic (exact) mass is 370 g/mol. The molecule has 0 unspecified atom stereocenters. The van der Waals surface area contributed by atoms with Crippen LogP contribution in [0.5, 0.6) is 5.75 Å². The second kappa shape index (κ2) is 12.1. The summed E-state index contributed by atoms with van der Waals surface area (Å²) in [6, 6.07) is 5.14. The second-order valence-electron chi connectivity index (χ2n) is 6.08. The predicted molar refractivity (Wildman–Crippen MR) is 100 cm³/mol. The minimum atomic E-state index is -4.54. The van der Waals surface area contributed by atoms with Crippen LogP contribution in [0.3, 0.4) is 0 Å². The molecule has 0 saturated carbocycles. The van der Waals surface area contributed by atoms with Crippen molar-refractivity contribution in [3.8, 4) is 5.75 Å². The van der Waals surface area contributed by atoms with Crippen LogP contribution in [0.4, 0.5) is 0 Å². The van der Waals surface area contributed by atoms with Crippen molar-refractivity contribution in [3.63, 3.8) is 0 Å². The van der Waals surface area contributed by atoms with Gasteiger partial charge in [-0.15, -0.1) is 6.58 Å². The molecule has 0 aliphatic heterocycles. The Morgan fingerprint density at radius 3 is 2.44 bits per heavy atom. The van der Waals surface area contributed by atoms with E-state index in [1.54, 1.807) is 18.2 Å². The van der Waals surface area contributed by atoms with Gasteiger partial charge < -0.3 is 8.92 Å². The molecule has 5 nitrogen and oxygen atoms in total. The van der Waals surface area contributed by atoms with E-state index >= 15 is 0 Å². The maximum Gasteiger partial charge on any atom is 0.446 e. The molecule has 25 heavy (non-hydrogen) atoms. The third kappa shape index (κ3) is 9.63. The van der Waals surface area contributed by atoms with Gasteiger partial charge in [-0.1, -0.05) is 63.7 Å². The molecule has 1 aromatic rings. The Labute approximate surface area is 152 Å². The van der Waals surface area contributed by atoms with E-state index in [2.05, 4.69) is 13.5 Å². The number of rotatable bonds is 14. The standard InChI is InChI=1S/C19H30O5S/c1-3-5-6-7-8-9-10-13-18-17(16-23-15-4-2)12-11-14-19(18)24-25(20,21)22/h4,11-12,14H,2-3,5-10,13,15-16H2,1H3,(H,20,21,22). The Bertz CT molecular complexity index is 610. The molecule has 1 rings (SSSR count). The summed E-state index contributed by atoms with van der Waals surface area (Å²) in [6.45, 7) is 6.57. The topological polar surface area (TPSA) is 72.8 Å². The van der Waals surface area contributed by atoms with Gasteiger partial charge in [0.15, 0.2) is 0 Å². The van der Waals surface area contributed by atoms with Crippen LogP contribution in [-0.2, 0) is 28.2 Å². The highest BCUT2D eigenvalue weighted by Gasteiger charge is 2.15. The lowest BCUT2D eigenvalue weighted by molar-refractivity contribution is 0.148. The first kappa shape index (κ1) is 21.7. The molecule has 1 N–H and O–H groups in total. The Morgan fingerprint density at radius 2 is 1.80 bits per heavy atom. The van der Waals surface area contributed by atoms with Crippen LogP contribution in [0, 0.1) is 0 Å². The van der Waals surface area contributed by atoms with Crippen molar-refractivity contribution in [1.82, 2.24) is 0 Å². The lowest BCUT2D eigenvalue weighted by Crippen LogP contribution is -2.10. The highest BCUT2D eigenvalue weighted by Crippen LogP contribution is 2.27. The number of benzene rings is 1. The predicted octanol–water partition coefficient (Wildman–Crippen LogP) is 4.86.